The fourth-order valence-electron chi connectivity index (χ4n) is 5.17. The number of allylic oxidation sites excluding steroid dienone is 1. The van der Waals surface area contributed by atoms with Crippen molar-refractivity contribution in [2.75, 3.05) is 6.54 Å². The van der Waals surface area contributed by atoms with Crippen LogP contribution in [0.2, 0.25) is 0 Å². The molecule has 2 aromatic rings. The largest absolute Gasteiger partial charge is 0.481 e. The van der Waals surface area contributed by atoms with E-state index in [0.29, 0.717) is 24.2 Å². The molecular weight excluding hydrogens is 486 g/mol. The van der Waals surface area contributed by atoms with E-state index in [1.807, 2.05) is 30.3 Å². The third kappa shape index (κ3) is 5.98. The molecule has 1 aliphatic heterocycles. The number of para-hydroxylation sites is 1. The number of nitrogens with zero attached hydrogens (tertiary/aromatic N) is 2. The maximum absolute atomic E-state index is 12.3. The van der Waals surface area contributed by atoms with Crippen LogP contribution in [0.1, 0.15) is 44.4 Å². The van der Waals surface area contributed by atoms with E-state index in [-0.39, 0.29) is 35.8 Å². The summed E-state index contributed by atoms with van der Waals surface area (Å²) in [7, 11) is 0. The second-order valence-corrected chi connectivity index (χ2v) is 8.97. The monoisotopic (exact) mass is 515 g/mol. The number of nitro groups is 1. The van der Waals surface area contributed by atoms with Gasteiger partial charge in [-0.2, -0.15) is 0 Å². The molecule has 3 rings (SSSR count). The second kappa shape index (κ2) is 11.9. The Morgan fingerprint density at radius 2 is 1.72 bits per heavy atom. The molecule has 36 heavy (non-hydrogen) atoms. The molecule has 1 aliphatic rings. The Labute approximate surface area is 215 Å². The summed E-state index contributed by atoms with van der Waals surface area (Å²) < 4.78 is 0. The zero-order chi connectivity index (χ0) is 25.8. The van der Waals surface area contributed by atoms with E-state index >= 15 is 0 Å². The molecule has 0 saturated heterocycles. The van der Waals surface area contributed by atoms with Gasteiger partial charge in [0.15, 0.2) is 0 Å². The fraction of sp³-hybridized carbons (Fsp3) is 0.346. The van der Waals surface area contributed by atoms with Crippen molar-refractivity contribution in [3.63, 3.8) is 0 Å². The minimum Gasteiger partial charge on any atom is -0.481 e. The highest BCUT2D eigenvalue weighted by atomic mass is 35.5. The van der Waals surface area contributed by atoms with Crippen LogP contribution >= 0.6 is 12.4 Å². The number of aliphatic carboxylic acids is 2. The molecule has 3 unspecified atom stereocenters. The van der Waals surface area contributed by atoms with Gasteiger partial charge in [-0.15, -0.1) is 12.4 Å². The number of carboxylic acids is 2. The van der Waals surface area contributed by atoms with Crippen molar-refractivity contribution in [3.8, 4) is 0 Å². The highest BCUT2D eigenvalue weighted by Crippen LogP contribution is 2.48. The fourth-order valence-corrected chi connectivity index (χ4v) is 5.17. The number of nitro benzene ring substituents is 1. The van der Waals surface area contributed by atoms with Crippen molar-refractivity contribution < 1.29 is 24.7 Å². The van der Waals surface area contributed by atoms with Gasteiger partial charge in [-0.05, 0) is 38.8 Å². The number of hydrogen-bond donors (Lipinski definition) is 3. The molecule has 10 heteroatoms. The van der Waals surface area contributed by atoms with E-state index < -0.39 is 34.2 Å². The Hall–Kier alpha value is -3.56. The van der Waals surface area contributed by atoms with E-state index in [0.717, 1.165) is 5.56 Å². The highest BCUT2D eigenvalue weighted by molar-refractivity contribution is 6.05. The molecule has 9 nitrogen and oxygen atoms in total. The number of carbonyl (C=O) groups is 2. The SMILES string of the molecule is CC1=NC(C)=C(C(=O)O)C(C)(CC(NCCc2ccccc2)c2ccccc2[N+](=O)[O-])C1C(=O)O.Cl. The van der Waals surface area contributed by atoms with Crippen LogP contribution in [-0.2, 0) is 16.0 Å². The smallest absolute Gasteiger partial charge is 0.334 e. The van der Waals surface area contributed by atoms with Gasteiger partial charge >= 0.3 is 11.9 Å². The average Bonchev–Trinajstić information content (AvgIpc) is 2.78. The van der Waals surface area contributed by atoms with Crippen molar-refractivity contribution >= 4 is 35.7 Å². The van der Waals surface area contributed by atoms with Crippen LogP contribution in [0, 0.1) is 21.4 Å². The number of hydrogen-bond acceptors (Lipinski definition) is 6. The molecule has 3 atom stereocenters. The van der Waals surface area contributed by atoms with E-state index in [9.17, 15) is 29.9 Å². The van der Waals surface area contributed by atoms with Crippen LogP contribution < -0.4 is 5.32 Å². The van der Waals surface area contributed by atoms with Crippen LogP contribution in [0.25, 0.3) is 0 Å². The van der Waals surface area contributed by atoms with Crippen molar-refractivity contribution in [2.45, 2.75) is 39.7 Å². The Kier molecular flexibility index (Phi) is 9.49. The number of nitrogens with one attached hydrogen (secondary N) is 1. The summed E-state index contributed by atoms with van der Waals surface area (Å²) in [5.74, 6) is -3.64. The number of rotatable bonds is 10. The number of halogens is 1. The topological polar surface area (TPSA) is 142 Å². The van der Waals surface area contributed by atoms with Crippen molar-refractivity contribution in [1.82, 2.24) is 5.32 Å². The standard InChI is InChI=1S/C26H29N3O6.ClH/c1-16-22(24(30)31)26(3,23(25(32)33)17(2)28-16)15-20(19-11-7-8-12-21(19)29(34)35)27-14-13-18-9-5-4-6-10-18;/h4-12,20,22,27H,13-15H2,1-3H3,(H,30,31)(H,32,33);1H. The quantitative estimate of drug-likeness (QED) is 0.304. The van der Waals surface area contributed by atoms with Crippen LogP contribution in [0.15, 0.2) is 70.9 Å². The summed E-state index contributed by atoms with van der Waals surface area (Å²) in [6.45, 7) is 5.17. The molecule has 0 bridgehead atoms. The minimum absolute atomic E-state index is 0. The Morgan fingerprint density at radius 1 is 1.11 bits per heavy atom. The van der Waals surface area contributed by atoms with Crippen molar-refractivity contribution in [2.24, 2.45) is 16.3 Å². The summed E-state index contributed by atoms with van der Waals surface area (Å²) in [6, 6.07) is 15.3. The number of aliphatic imine (C=N–C) groups is 1. The van der Waals surface area contributed by atoms with Gasteiger partial charge in [0.05, 0.1) is 10.5 Å². The molecule has 1 heterocycles. The predicted molar refractivity (Wildman–Crippen MR) is 139 cm³/mol. The van der Waals surface area contributed by atoms with E-state index in [4.69, 9.17) is 0 Å². The molecular formula is C26H30ClN3O6. The van der Waals surface area contributed by atoms with E-state index in [2.05, 4.69) is 10.3 Å². The maximum atomic E-state index is 12.3. The van der Waals surface area contributed by atoms with Gasteiger partial charge < -0.3 is 15.5 Å². The molecule has 0 spiro atoms. The Balaban J connectivity index is 0.00000456. The van der Waals surface area contributed by atoms with Crippen LogP contribution in [0.5, 0.6) is 0 Å². The second-order valence-electron chi connectivity index (χ2n) is 8.97. The third-order valence-electron chi connectivity index (χ3n) is 6.58. The first-order valence-corrected chi connectivity index (χ1v) is 11.3. The Bertz CT molecular complexity index is 1200. The van der Waals surface area contributed by atoms with Crippen molar-refractivity contribution in [3.05, 3.63) is 87.1 Å². The van der Waals surface area contributed by atoms with Crippen LogP contribution in [0.3, 0.4) is 0 Å². The summed E-state index contributed by atoms with van der Waals surface area (Å²) in [5.41, 5.74) is 0.399. The lowest BCUT2D eigenvalue weighted by atomic mass is 9.63. The van der Waals surface area contributed by atoms with Gasteiger partial charge in [-0.3, -0.25) is 19.9 Å². The molecule has 0 amide bonds. The minimum atomic E-state index is -1.37. The molecule has 2 aromatic carbocycles. The summed E-state index contributed by atoms with van der Waals surface area (Å²) >= 11 is 0. The lowest BCUT2D eigenvalue weighted by Gasteiger charge is -2.41. The third-order valence-corrected chi connectivity index (χ3v) is 6.58. The van der Waals surface area contributed by atoms with Gasteiger partial charge in [0.25, 0.3) is 5.69 Å². The van der Waals surface area contributed by atoms with Crippen LogP contribution in [-0.4, -0.2) is 39.3 Å². The van der Waals surface area contributed by atoms with Crippen LogP contribution in [0.4, 0.5) is 5.69 Å². The average molecular weight is 516 g/mol. The molecule has 0 aromatic heterocycles. The lowest BCUT2D eigenvalue weighted by Crippen LogP contribution is -2.46. The maximum Gasteiger partial charge on any atom is 0.334 e. The zero-order valence-corrected chi connectivity index (χ0v) is 21.1. The first-order valence-electron chi connectivity index (χ1n) is 11.3. The lowest BCUT2D eigenvalue weighted by molar-refractivity contribution is -0.385. The first kappa shape index (κ1) is 28.7. The normalized spacial score (nSPS) is 20.2. The van der Waals surface area contributed by atoms with Gasteiger partial charge in [-0.1, -0.05) is 55.5 Å². The molecule has 0 fully saturated rings. The summed E-state index contributed by atoms with van der Waals surface area (Å²) in [5, 5.41) is 35.2. The highest BCUT2D eigenvalue weighted by Gasteiger charge is 2.51. The van der Waals surface area contributed by atoms with Crippen molar-refractivity contribution in [1.29, 1.82) is 0 Å². The van der Waals surface area contributed by atoms with Gasteiger partial charge in [0, 0.05) is 34.5 Å². The summed E-state index contributed by atoms with van der Waals surface area (Å²) in [4.78, 5) is 40.2. The van der Waals surface area contributed by atoms with Gasteiger partial charge in [0.2, 0.25) is 0 Å². The molecule has 3 N–H and O–H groups in total. The van der Waals surface area contributed by atoms with E-state index in [1.165, 1.54) is 6.07 Å². The van der Waals surface area contributed by atoms with Gasteiger partial charge in [0.1, 0.15) is 5.92 Å². The first-order chi connectivity index (χ1) is 16.6. The predicted octanol–water partition coefficient (Wildman–Crippen LogP) is 4.82. The van der Waals surface area contributed by atoms with E-state index in [1.54, 1.807) is 39.0 Å². The Morgan fingerprint density at radius 3 is 2.31 bits per heavy atom. The molecule has 0 radical (unpaired) electrons. The molecule has 0 saturated carbocycles. The molecule has 192 valence electrons. The number of carboxylic acid groups (broad SMARTS) is 2. The van der Waals surface area contributed by atoms with Gasteiger partial charge in [-0.25, -0.2) is 4.79 Å². The summed E-state index contributed by atoms with van der Waals surface area (Å²) in [6.07, 6.45) is 0.646. The zero-order valence-electron chi connectivity index (χ0n) is 20.3. The number of benzene rings is 2. The molecule has 0 aliphatic carbocycles.